The van der Waals surface area contributed by atoms with Crippen LogP contribution in [0.4, 0.5) is 5.82 Å². The Balaban J connectivity index is 2.18. The third-order valence-corrected chi connectivity index (χ3v) is 3.63. The quantitative estimate of drug-likeness (QED) is 0.850. The van der Waals surface area contributed by atoms with Crippen LogP contribution in [0.5, 0.6) is 0 Å². The molecular weight excluding hydrogens is 230 g/mol. The van der Waals surface area contributed by atoms with Gasteiger partial charge in [-0.3, -0.25) is 4.79 Å². The molecule has 5 nitrogen and oxygen atoms in total. The molecule has 94 valence electrons. The van der Waals surface area contributed by atoms with Gasteiger partial charge in [0, 0.05) is 6.04 Å². The average molecular weight is 245 g/mol. The van der Waals surface area contributed by atoms with Crippen molar-refractivity contribution in [3.63, 3.8) is 0 Å². The number of pyridine rings is 1. The van der Waals surface area contributed by atoms with Gasteiger partial charge in [-0.2, -0.15) is 5.26 Å². The van der Waals surface area contributed by atoms with Crippen molar-refractivity contribution in [2.75, 3.05) is 5.32 Å². The number of hydrogen-bond donors (Lipinski definition) is 2. The fourth-order valence-corrected chi connectivity index (χ4v) is 2.41. The number of hydrogen-bond acceptors (Lipinski definition) is 4. The van der Waals surface area contributed by atoms with Gasteiger partial charge in [-0.15, -0.1) is 0 Å². The molecule has 0 radical (unpaired) electrons. The number of aromatic nitrogens is 1. The molecule has 0 aliphatic heterocycles. The normalized spacial score (nSPS) is 26.6. The van der Waals surface area contributed by atoms with Crippen LogP contribution in [0, 0.1) is 16.7 Å². The first-order chi connectivity index (χ1) is 8.56. The number of nitrogens with one attached hydrogen (secondary N) is 1. The fourth-order valence-electron chi connectivity index (χ4n) is 2.41. The lowest BCUT2D eigenvalue weighted by Gasteiger charge is -2.28. The summed E-state index contributed by atoms with van der Waals surface area (Å²) < 4.78 is 0. The standard InChI is InChI=1S/C13H15N3O2/c1-13(12(17)18)7-3-5-10(13)16-11-6-2-4-9(8-14)15-11/h2,4,6,10H,3,5,7H2,1H3,(H,15,16)(H,17,18). The lowest BCUT2D eigenvalue weighted by atomic mass is 9.85. The summed E-state index contributed by atoms with van der Waals surface area (Å²) in [6.07, 6.45) is 2.36. The van der Waals surface area contributed by atoms with E-state index in [4.69, 9.17) is 5.26 Å². The van der Waals surface area contributed by atoms with E-state index in [1.807, 2.05) is 6.07 Å². The highest BCUT2D eigenvalue weighted by Gasteiger charge is 2.45. The first-order valence-corrected chi connectivity index (χ1v) is 5.93. The highest BCUT2D eigenvalue weighted by molar-refractivity contribution is 5.76. The summed E-state index contributed by atoms with van der Waals surface area (Å²) in [6.45, 7) is 1.76. The van der Waals surface area contributed by atoms with Gasteiger partial charge in [0.05, 0.1) is 5.41 Å². The molecule has 1 aromatic heterocycles. The predicted molar refractivity (Wildman–Crippen MR) is 66.0 cm³/mol. The minimum atomic E-state index is -0.783. The topological polar surface area (TPSA) is 86.0 Å². The Labute approximate surface area is 105 Å². The Kier molecular flexibility index (Phi) is 3.19. The summed E-state index contributed by atoms with van der Waals surface area (Å²) in [6, 6.07) is 6.94. The van der Waals surface area contributed by atoms with Gasteiger partial charge in [-0.1, -0.05) is 12.5 Å². The number of carbonyl (C=O) groups is 1. The summed E-state index contributed by atoms with van der Waals surface area (Å²) in [5, 5.41) is 21.2. The Morgan fingerprint density at radius 2 is 2.44 bits per heavy atom. The zero-order valence-electron chi connectivity index (χ0n) is 10.2. The lowest BCUT2D eigenvalue weighted by molar-refractivity contribution is -0.147. The number of carboxylic acid groups (broad SMARTS) is 1. The molecule has 1 fully saturated rings. The van der Waals surface area contributed by atoms with Crippen molar-refractivity contribution in [3.05, 3.63) is 23.9 Å². The summed E-state index contributed by atoms with van der Waals surface area (Å²) >= 11 is 0. The van der Waals surface area contributed by atoms with E-state index in [0.29, 0.717) is 17.9 Å². The minimum Gasteiger partial charge on any atom is -0.481 e. The summed E-state index contributed by atoms with van der Waals surface area (Å²) in [5.74, 6) is -0.220. The summed E-state index contributed by atoms with van der Waals surface area (Å²) in [4.78, 5) is 15.4. The third kappa shape index (κ3) is 2.14. The third-order valence-electron chi connectivity index (χ3n) is 3.63. The molecule has 2 atom stereocenters. The van der Waals surface area contributed by atoms with E-state index in [2.05, 4.69) is 10.3 Å². The molecular formula is C13H15N3O2. The van der Waals surface area contributed by atoms with Crippen LogP contribution in [0.2, 0.25) is 0 Å². The van der Waals surface area contributed by atoms with E-state index in [1.54, 1.807) is 25.1 Å². The highest BCUT2D eigenvalue weighted by atomic mass is 16.4. The van der Waals surface area contributed by atoms with Crippen LogP contribution in [0.3, 0.4) is 0 Å². The number of carboxylic acids is 1. The van der Waals surface area contributed by atoms with E-state index in [0.717, 1.165) is 12.8 Å². The molecule has 2 N–H and O–H groups in total. The first kappa shape index (κ1) is 12.4. The Hall–Kier alpha value is -2.09. The molecule has 5 heteroatoms. The largest absolute Gasteiger partial charge is 0.481 e. The molecule has 0 spiro atoms. The van der Waals surface area contributed by atoms with Gasteiger partial charge in [-0.05, 0) is 31.9 Å². The Morgan fingerprint density at radius 3 is 3.11 bits per heavy atom. The Morgan fingerprint density at radius 1 is 1.67 bits per heavy atom. The van der Waals surface area contributed by atoms with Crippen LogP contribution in [-0.2, 0) is 4.79 Å². The van der Waals surface area contributed by atoms with Gasteiger partial charge in [-0.25, -0.2) is 4.98 Å². The molecule has 2 rings (SSSR count). The van der Waals surface area contributed by atoms with Crippen molar-refractivity contribution < 1.29 is 9.90 Å². The number of rotatable bonds is 3. The molecule has 0 bridgehead atoms. The minimum absolute atomic E-state index is 0.142. The smallest absolute Gasteiger partial charge is 0.311 e. The van der Waals surface area contributed by atoms with Gasteiger partial charge in [0.2, 0.25) is 0 Å². The molecule has 18 heavy (non-hydrogen) atoms. The number of anilines is 1. The van der Waals surface area contributed by atoms with E-state index < -0.39 is 11.4 Å². The van der Waals surface area contributed by atoms with Gasteiger partial charge in [0.25, 0.3) is 0 Å². The molecule has 0 amide bonds. The zero-order valence-corrected chi connectivity index (χ0v) is 10.2. The van der Waals surface area contributed by atoms with Crippen molar-refractivity contribution in [2.24, 2.45) is 5.41 Å². The van der Waals surface area contributed by atoms with Crippen LogP contribution in [-0.4, -0.2) is 22.1 Å². The van der Waals surface area contributed by atoms with Crippen LogP contribution >= 0.6 is 0 Å². The van der Waals surface area contributed by atoms with Crippen molar-refractivity contribution in [1.29, 1.82) is 5.26 Å². The second-order valence-electron chi connectivity index (χ2n) is 4.83. The highest BCUT2D eigenvalue weighted by Crippen LogP contribution is 2.39. The van der Waals surface area contributed by atoms with Crippen molar-refractivity contribution in [3.8, 4) is 6.07 Å². The van der Waals surface area contributed by atoms with Gasteiger partial charge in [0.1, 0.15) is 17.6 Å². The maximum absolute atomic E-state index is 11.3. The van der Waals surface area contributed by atoms with Crippen LogP contribution < -0.4 is 5.32 Å². The number of aliphatic carboxylic acids is 1. The average Bonchev–Trinajstić information content (AvgIpc) is 2.73. The van der Waals surface area contributed by atoms with Crippen molar-refractivity contribution in [1.82, 2.24) is 4.98 Å². The molecule has 1 aromatic rings. The zero-order chi connectivity index (χ0) is 13.2. The van der Waals surface area contributed by atoms with E-state index in [1.165, 1.54) is 0 Å². The van der Waals surface area contributed by atoms with E-state index in [-0.39, 0.29) is 6.04 Å². The van der Waals surface area contributed by atoms with Gasteiger partial charge >= 0.3 is 5.97 Å². The molecule has 1 heterocycles. The number of nitrogens with zero attached hydrogens (tertiary/aromatic N) is 2. The summed E-state index contributed by atoms with van der Waals surface area (Å²) in [7, 11) is 0. The summed E-state index contributed by atoms with van der Waals surface area (Å²) in [5.41, 5.74) is -0.431. The Bertz CT molecular complexity index is 509. The first-order valence-electron chi connectivity index (χ1n) is 5.93. The SMILES string of the molecule is CC1(C(=O)O)CCCC1Nc1cccc(C#N)n1. The molecule has 1 aliphatic carbocycles. The second kappa shape index (κ2) is 4.65. The monoisotopic (exact) mass is 245 g/mol. The van der Waals surface area contributed by atoms with Crippen molar-refractivity contribution in [2.45, 2.75) is 32.2 Å². The van der Waals surface area contributed by atoms with E-state index >= 15 is 0 Å². The van der Waals surface area contributed by atoms with Gasteiger partial charge in [0.15, 0.2) is 0 Å². The van der Waals surface area contributed by atoms with Crippen LogP contribution in [0.15, 0.2) is 18.2 Å². The predicted octanol–water partition coefficient (Wildman–Crippen LogP) is 2.01. The molecule has 2 unspecified atom stereocenters. The molecule has 1 saturated carbocycles. The lowest BCUT2D eigenvalue weighted by Crippen LogP contribution is -2.40. The second-order valence-corrected chi connectivity index (χ2v) is 4.83. The van der Waals surface area contributed by atoms with Crippen molar-refractivity contribution >= 4 is 11.8 Å². The number of nitriles is 1. The molecule has 0 aromatic carbocycles. The molecule has 1 aliphatic rings. The fraction of sp³-hybridized carbons (Fsp3) is 0.462. The maximum atomic E-state index is 11.3. The van der Waals surface area contributed by atoms with Crippen LogP contribution in [0.25, 0.3) is 0 Å². The maximum Gasteiger partial charge on any atom is 0.311 e. The van der Waals surface area contributed by atoms with E-state index in [9.17, 15) is 9.90 Å². The van der Waals surface area contributed by atoms with Crippen LogP contribution in [0.1, 0.15) is 31.9 Å². The van der Waals surface area contributed by atoms with Gasteiger partial charge < -0.3 is 10.4 Å². The molecule has 0 saturated heterocycles.